The monoisotopic (exact) mass is 180 g/mol. The van der Waals surface area contributed by atoms with Crippen molar-refractivity contribution in [3.63, 3.8) is 0 Å². The minimum Gasteiger partial charge on any atom is -0.457 e. The largest absolute Gasteiger partial charge is 0.457 e. The first-order valence-corrected chi connectivity index (χ1v) is 4.44. The molecule has 70 valence electrons. The molecule has 2 rings (SSSR count). The van der Waals surface area contributed by atoms with Gasteiger partial charge in [-0.3, -0.25) is 9.59 Å². The van der Waals surface area contributed by atoms with Crippen molar-refractivity contribution in [2.45, 2.75) is 26.4 Å². The van der Waals surface area contributed by atoms with Gasteiger partial charge in [0.15, 0.2) is 5.78 Å². The zero-order valence-electron chi connectivity index (χ0n) is 7.74. The van der Waals surface area contributed by atoms with E-state index >= 15 is 0 Å². The number of ether oxygens (including phenoxy) is 1. The molecule has 0 aromatic carbocycles. The van der Waals surface area contributed by atoms with E-state index in [2.05, 4.69) is 0 Å². The molecule has 0 amide bonds. The quantitative estimate of drug-likeness (QED) is 0.524. The van der Waals surface area contributed by atoms with E-state index < -0.39 is 5.41 Å². The minimum atomic E-state index is -0.509. The molecule has 0 N–H and O–H groups in total. The number of hydrogen-bond donors (Lipinski definition) is 0. The van der Waals surface area contributed by atoms with E-state index in [1.165, 1.54) is 6.08 Å². The van der Waals surface area contributed by atoms with E-state index in [4.69, 9.17) is 4.74 Å². The van der Waals surface area contributed by atoms with Crippen molar-refractivity contribution < 1.29 is 14.3 Å². The Kier molecular flexibility index (Phi) is 1.59. The number of esters is 1. The molecule has 13 heavy (non-hydrogen) atoms. The van der Waals surface area contributed by atoms with Crippen LogP contribution in [0.15, 0.2) is 12.2 Å². The number of carbonyl (C=O) groups is 2. The van der Waals surface area contributed by atoms with Gasteiger partial charge in [0.25, 0.3) is 0 Å². The Morgan fingerprint density at radius 2 is 2.15 bits per heavy atom. The molecule has 1 aliphatic heterocycles. The lowest BCUT2D eigenvalue weighted by Gasteiger charge is -2.24. The second-order valence-electron chi connectivity index (χ2n) is 4.23. The SMILES string of the molecule is CC1(C)C(=O)O[C@@H]2C=CC(=O)C[C@@H]21. The summed E-state index contributed by atoms with van der Waals surface area (Å²) >= 11 is 0. The third kappa shape index (κ3) is 1.10. The zero-order valence-corrected chi connectivity index (χ0v) is 7.74. The van der Waals surface area contributed by atoms with Crippen molar-refractivity contribution >= 4 is 11.8 Å². The van der Waals surface area contributed by atoms with Gasteiger partial charge >= 0.3 is 5.97 Å². The van der Waals surface area contributed by atoms with Crippen LogP contribution >= 0.6 is 0 Å². The second kappa shape index (κ2) is 2.44. The molecule has 0 radical (unpaired) electrons. The van der Waals surface area contributed by atoms with E-state index in [9.17, 15) is 9.59 Å². The second-order valence-corrected chi connectivity index (χ2v) is 4.23. The first kappa shape index (κ1) is 8.48. The Morgan fingerprint density at radius 1 is 1.46 bits per heavy atom. The van der Waals surface area contributed by atoms with E-state index in [1.807, 2.05) is 13.8 Å². The molecule has 1 heterocycles. The fourth-order valence-corrected chi connectivity index (χ4v) is 1.95. The molecule has 2 aliphatic rings. The van der Waals surface area contributed by atoms with Crippen molar-refractivity contribution in [3.05, 3.63) is 12.2 Å². The molecule has 0 aromatic rings. The summed E-state index contributed by atoms with van der Waals surface area (Å²) in [4.78, 5) is 22.5. The van der Waals surface area contributed by atoms with Gasteiger partial charge in [-0.05, 0) is 26.0 Å². The molecule has 0 aromatic heterocycles. The van der Waals surface area contributed by atoms with E-state index in [0.29, 0.717) is 6.42 Å². The highest BCUT2D eigenvalue weighted by molar-refractivity contribution is 5.93. The Hall–Kier alpha value is -1.12. The van der Waals surface area contributed by atoms with Gasteiger partial charge in [0, 0.05) is 12.3 Å². The maximum Gasteiger partial charge on any atom is 0.312 e. The number of allylic oxidation sites excluding steroid dienone is 1. The van der Waals surface area contributed by atoms with E-state index in [0.717, 1.165) is 0 Å². The molecule has 2 atom stereocenters. The van der Waals surface area contributed by atoms with Gasteiger partial charge in [-0.1, -0.05) is 0 Å². The van der Waals surface area contributed by atoms with Gasteiger partial charge in [-0.15, -0.1) is 0 Å². The first-order chi connectivity index (χ1) is 6.01. The van der Waals surface area contributed by atoms with Crippen LogP contribution in [0.2, 0.25) is 0 Å². The number of rotatable bonds is 0. The lowest BCUT2D eigenvalue weighted by molar-refractivity contribution is -0.146. The number of carbonyl (C=O) groups excluding carboxylic acids is 2. The smallest absolute Gasteiger partial charge is 0.312 e. The van der Waals surface area contributed by atoms with Crippen LogP contribution in [0.4, 0.5) is 0 Å². The van der Waals surface area contributed by atoms with Gasteiger partial charge in [0.2, 0.25) is 0 Å². The van der Waals surface area contributed by atoms with Crippen LogP contribution in [0, 0.1) is 11.3 Å². The van der Waals surface area contributed by atoms with Crippen LogP contribution in [0.5, 0.6) is 0 Å². The highest BCUT2D eigenvalue weighted by atomic mass is 16.6. The van der Waals surface area contributed by atoms with Crippen LogP contribution in [0.3, 0.4) is 0 Å². The average molecular weight is 180 g/mol. The normalized spacial score (nSPS) is 35.8. The third-order valence-corrected chi connectivity index (χ3v) is 2.99. The summed E-state index contributed by atoms with van der Waals surface area (Å²) in [5, 5.41) is 0. The maximum absolute atomic E-state index is 11.4. The summed E-state index contributed by atoms with van der Waals surface area (Å²) in [6.07, 6.45) is 3.46. The third-order valence-electron chi connectivity index (χ3n) is 2.99. The average Bonchev–Trinajstić information content (AvgIpc) is 2.27. The van der Waals surface area contributed by atoms with E-state index in [1.54, 1.807) is 6.08 Å². The number of fused-ring (bicyclic) bond motifs is 1. The van der Waals surface area contributed by atoms with Gasteiger partial charge in [-0.25, -0.2) is 0 Å². The van der Waals surface area contributed by atoms with Crippen LogP contribution < -0.4 is 0 Å². The van der Waals surface area contributed by atoms with Gasteiger partial charge in [0.1, 0.15) is 6.10 Å². The predicted molar refractivity (Wildman–Crippen MR) is 45.9 cm³/mol. The Labute approximate surface area is 76.8 Å². The lowest BCUT2D eigenvalue weighted by atomic mass is 9.74. The summed E-state index contributed by atoms with van der Waals surface area (Å²) in [5.41, 5.74) is -0.509. The Bertz CT molecular complexity index is 301. The molecule has 1 saturated heterocycles. The van der Waals surface area contributed by atoms with Gasteiger partial charge < -0.3 is 4.74 Å². The van der Waals surface area contributed by atoms with Crippen molar-refractivity contribution in [2.75, 3.05) is 0 Å². The summed E-state index contributed by atoms with van der Waals surface area (Å²) < 4.78 is 5.15. The maximum atomic E-state index is 11.4. The van der Waals surface area contributed by atoms with E-state index in [-0.39, 0.29) is 23.8 Å². The molecule has 3 heteroatoms. The molecule has 0 spiro atoms. The highest BCUT2D eigenvalue weighted by Gasteiger charge is 2.51. The number of hydrogen-bond acceptors (Lipinski definition) is 3. The summed E-state index contributed by atoms with van der Waals surface area (Å²) in [6.45, 7) is 3.68. The molecular weight excluding hydrogens is 168 g/mol. The van der Waals surface area contributed by atoms with Crippen molar-refractivity contribution in [3.8, 4) is 0 Å². The zero-order chi connectivity index (χ0) is 9.64. The van der Waals surface area contributed by atoms with Crippen molar-refractivity contribution in [1.29, 1.82) is 0 Å². The minimum absolute atomic E-state index is 0.0255. The first-order valence-electron chi connectivity index (χ1n) is 4.44. The fraction of sp³-hybridized carbons (Fsp3) is 0.600. The molecule has 1 fully saturated rings. The van der Waals surface area contributed by atoms with Gasteiger partial charge in [0.05, 0.1) is 5.41 Å². The Morgan fingerprint density at radius 3 is 2.85 bits per heavy atom. The predicted octanol–water partition coefficient (Wildman–Crippen LogP) is 1.08. The van der Waals surface area contributed by atoms with Crippen LogP contribution in [0.25, 0.3) is 0 Å². The van der Waals surface area contributed by atoms with Crippen LogP contribution in [-0.2, 0) is 14.3 Å². The molecule has 0 bridgehead atoms. The van der Waals surface area contributed by atoms with Crippen LogP contribution in [-0.4, -0.2) is 17.9 Å². The standard InChI is InChI=1S/C10H12O3/c1-10(2)7-5-6(11)3-4-8(7)13-9(10)12/h3-4,7-8H,5H2,1-2H3/t7-,8+/m0/s1. The van der Waals surface area contributed by atoms with Gasteiger partial charge in [-0.2, -0.15) is 0 Å². The topological polar surface area (TPSA) is 43.4 Å². The molecule has 0 saturated carbocycles. The summed E-state index contributed by atoms with van der Waals surface area (Å²) in [7, 11) is 0. The van der Waals surface area contributed by atoms with Crippen LogP contribution in [0.1, 0.15) is 20.3 Å². The Balaban J connectivity index is 2.34. The molecule has 3 nitrogen and oxygen atoms in total. The highest BCUT2D eigenvalue weighted by Crippen LogP contribution is 2.43. The summed E-state index contributed by atoms with van der Waals surface area (Å²) in [6, 6.07) is 0. The molecule has 1 aliphatic carbocycles. The fourth-order valence-electron chi connectivity index (χ4n) is 1.95. The number of ketones is 1. The lowest BCUT2D eigenvalue weighted by Crippen LogP contribution is -2.31. The summed E-state index contributed by atoms with van der Waals surface area (Å²) in [5.74, 6) is -0.0769. The molecule has 0 unspecified atom stereocenters. The molecular formula is C10H12O3. The van der Waals surface area contributed by atoms with Crippen molar-refractivity contribution in [1.82, 2.24) is 0 Å². The van der Waals surface area contributed by atoms with Crippen molar-refractivity contribution in [2.24, 2.45) is 11.3 Å².